The Morgan fingerprint density at radius 3 is 2.56 bits per heavy atom. The number of hydrogen-bond acceptors (Lipinski definition) is 4. The lowest BCUT2D eigenvalue weighted by atomic mass is 10.0. The standard InChI is InChI=1S/C24H22N6O2/c25-22(26)19-13-30-20-8-3-14(12-18(19)20)9-11-29-24(32)16-6-4-15(5-7-16)17-2-1-10-28-21(17)23(27)31/h1-8,10,12-13,30H,9,11H2,(H3,25,26)(H2,27,31)(H,29,32). The number of nitrogen functional groups attached to an aromatic ring is 1. The van der Waals surface area contributed by atoms with Gasteiger partial charge in [-0.1, -0.05) is 24.3 Å². The highest BCUT2D eigenvalue weighted by atomic mass is 16.2. The molecule has 2 heterocycles. The van der Waals surface area contributed by atoms with Crippen LogP contribution in [0.1, 0.15) is 32.0 Å². The molecule has 0 aliphatic heterocycles. The summed E-state index contributed by atoms with van der Waals surface area (Å²) < 4.78 is 0. The molecule has 2 aromatic heterocycles. The maximum atomic E-state index is 12.5. The predicted molar refractivity (Wildman–Crippen MR) is 124 cm³/mol. The molecule has 0 atom stereocenters. The summed E-state index contributed by atoms with van der Waals surface area (Å²) in [5.74, 6) is -0.778. The van der Waals surface area contributed by atoms with Crippen LogP contribution in [0.25, 0.3) is 22.0 Å². The van der Waals surface area contributed by atoms with E-state index in [9.17, 15) is 9.59 Å². The number of nitrogens with zero attached hydrogens (tertiary/aromatic N) is 1. The van der Waals surface area contributed by atoms with Gasteiger partial charge >= 0.3 is 0 Å². The molecule has 0 bridgehead atoms. The first kappa shape index (κ1) is 20.8. The van der Waals surface area contributed by atoms with Crippen LogP contribution in [0, 0.1) is 5.41 Å². The number of nitrogens with two attached hydrogens (primary N) is 2. The molecule has 0 aliphatic rings. The second kappa shape index (κ2) is 8.73. The maximum Gasteiger partial charge on any atom is 0.267 e. The van der Waals surface area contributed by atoms with Crippen LogP contribution < -0.4 is 16.8 Å². The Labute approximate surface area is 184 Å². The second-order valence-electron chi connectivity index (χ2n) is 7.34. The van der Waals surface area contributed by atoms with Crippen molar-refractivity contribution < 1.29 is 9.59 Å². The fourth-order valence-corrected chi connectivity index (χ4v) is 3.60. The lowest BCUT2D eigenvalue weighted by Crippen LogP contribution is -2.25. The second-order valence-corrected chi connectivity index (χ2v) is 7.34. The summed E-state index contributed by atoms with van der Waals surface area (Å²) in [6, 6.07) is 16.3. The molecule has 7 N–H and O–H groups in total. The van der Waals surface area contributed by atoms with E-state index in [-0.39, 0.29) is 17.4 Å². The third kappa shape index (κ3) is 4.20. The highest BCUT2D eigenvalue weighted by molar-refractivity contribution is 6.07. The molecule has 4 aromatic rings. The molecule has 4 rings (SSSR count). The van der Waals surface area contributed by atoms with Gasteiger partial charge in [0.15, 0.2) is 0 Å². The Hall–Kier alpha value is -4.46. The number of nitrogens with one attached hydrogen (secondary N) is 3. The number of pyridine rings is 1. The molecule has 0 saturated heterocycles. The van der Waals surface area contributed by atoms with Gasteiger partial charge in [0.2, 0.25) is 0 Å². The molecule has 8 nitrogen and oxygen atoms in total. The quantitative estimate of drug-likeness (QED) is 0.228. The highest BCUT2D eigenvalue weighted by Gasteiger charge is 2.12. The lowest BCUT2D eigenvalue weighted by molar-refractivity contribution is 0.0952. The van der Waals surface area contributed by atoms with E-state index in [4.69, 9.17) is 16.9 Å². The summed E-state index contributed by atoms with van der Waals surface area (Å²) in [6.45, 7) is 0.459. The zero-order valence-electron chi connectivity index (χ0n) is 17.2. The Balaban J connectivity index is 1.41. The molecular weight excluding hydrogens is 404 g/mol. The number of carbonyl (C=O) groups is 2. The van der Waals surface area contributed by atoms with Gasteiger partial charge in [-0.25, -0.2) is 0 Å². The summed E-state index contributed by atoms with van der Waals surface area (Å²) in [5.41, 5.74) is 15.7. The number of primary amides is 1. The smallest absolute Gasteiger partial charge is 0.267 e. The number of aromatic nitrogens is 2. The van der Waals surface area contributed by atoms with Crippen LogP contribution in [0.5, 0.6) is 0 Å². The monoisotopic (exact) mass is 426 g/mol. The van der Waals surface area contributed by atoms with Crippen LogP contribution in [0.4, 0.5) is 0 Å². The minimum Gasteiger partial charge on any atom is -0.384 e. The minimum absolute atomic E-state index is 0.0133. The first-order valence-electron chi connectivity index (χ1n) is 10.0. The van der Waals surface area contributed by atoms with E-state index in [1.165, 1.54) is 6.20 Å². The molecule has 2 amide bonds. The van der Waals surface area contributed by atoms with Crippen molar-refractivity contribution in [2.75, 3.05) is 6.54 Å². The van der Waals surface area contributed by atoms with Gasteiger partial charge in [-0.3, -0.25) is 20.0 Å². The largest absolute Gasteiger partial charge is 0.384 e. The van der Waals surface area contributed by atoms with Gasteiger partial charge in [0.25, 0.3) is 11.8 Å². The molecule has 0 fully saturated rings. The predicted octanol–water partition coefficient (Wildman–Crippen LogP) is 2.59. The maximum absolute atomic E-state index is 12.5. The van der Waals surface area contributed by atoms with E-state index in [0.717, 1.165) is 22.0 Å². The number of rotatable bonds is 7. The molecule has 160 valence electrons. The van der Waals surface area contributed by atoms with E-state index in [2.05, 4.69) is 15.3 Å². The average molecular weight is 426 g/mol. The van der Waals surface area contributed by atoms with Crippen molar-refractivity contribution in [3.63, 3.8) is 0 Å². The van der Waals surface area contributed by atoms with E-state index >= 15 is 0 Å². The van der Waals surface area contributed by atoms with Crippen LogP contribution in [-0.2, 0) is 6.42 Å². The van der Waals surface area contributed by atoms with E-state index < -0.39 is 5.91 Å². The Morgan fingerprint density at radius 2 is 1.84 bits per heavy atom. The van der Waals surface area contributed by atoms with Crippen molar-refractivity contribution >= 4 is 28.6 Å². The molecule has 2 aromatic carbocycles. The molecule has 0 aliphatic carbocycles. The third-order valence-corrected chi connectivity index (χ3v) is 5.23. The highest BCUT2D eigenvalue weighted by Crippen LogP contribution is 2.23. The van der Waals surface area contributed by atoms with Crippen molar-refractivity contribution in [1.29, 1.82) is 5.41 Å². The number of amides is 2. The summed E-state index contributed by atoms with van der Waals surface area (Å²) in [6.07, 6.45) is 3.88. The number of fused-ring (bicyclic) bond motifs is 1. The Morgan fingerprint density at radius 1 is 1.06 bits per heavy atom. The van der Waals surface area contributed by atoms with E-state index in [0.29, 0.717) is 29.7 Å². The van der Waals surface area contributed by atoms with Gasteiger partial charge in [-0.05, 0) is 47.9 Å². The van der Waals surface area contributed by atoms with Gasteiger partial charge in [-0.2, -0.15) is 0 Å². The van der Waals surface area contributed by atoms with Gasteiger partial charge in [0, 0.05) is 46.5 Å². The normalized spacial score (nSPS) is 10.8. The van der Waals surface area contributed by atoms with Crippen molar-refractivity contribution in [2.24, 2.45) is 11.5 Å². The summed E-state index contributed by atoms with van der Waals surface area (Å²) in [5, 5.41) is 11.5. The molecule has 32 heavy (non-hydrogen) atoms. The fraction of sp³-hybridized carbons (Fsp3) is 0.0833. The van der Waals surface area contributed by atoms with Crippen LogP contribution in [0.15, 0.2) is 67.0 Å². The number of hydrogen-bond donors (Lipinski definition) is 5. The SMILES string of the molecule is N=C(N)c1c[nH]c2ccc(CCNC(=O)c3ccc(-c4cccnc4C(N)=O)cc3)cc12. The van der Waals surface area contributed by atoms with Gasteiger partial charge in [0.1, 0.15) is 11.5 Å². The van der Waals surface area contributed by atoms with Gasteiger partial charge < -0.3 is 21.8 Å². The van der Waals surface area contributed by atoms with E-state index in [1.54, 1.807) is 42.6 Å². The zero-order valence-corrected chi connectivity index (χ0v) is 17.2. The zero-order chi connectivity index (χ0) is 22.7. The molecule has 0 unspecified atom stereocenters. The molecule has 0 spiro atoms. The first-order valence-corrected chi connectivity index (χ1v) is 10.0. The summed E-state index contributed by atoms with van der Waals surface area (Å²) in [7, 11) is 0. The molecule has 0 saturated carbocycles. The first-order chi connectivity index (χ1) is 15.4. The number of carbonyl (C=O) groups excluding carboxylic acids is 2. The lowest BCUT2D eigenvalue weighted by Gasteiger charge is -2.08. The van der Waals surface area contributed by atoms with Crippen LogP contribution in [0.2, 0.25) is 0 Å². The van der Waals surface area contributed by atoms with Crippen molar-refractivity contribution in [2.45, 2.75) is 6.42 Å². The van der Waals surface area contributed by atoms with Gasteiger partial charge in [-0.15, -0.1) is 0 Å². The van der Waals surface area contributed by atoms with Crippen molar-refractivity contribution in [1.82, 2.24) is 15.3 Å². The molecule has 8 heteroatoms. The molecular formula is C24H22N6O2. The minimum atomic E-state index is -0.601. The topological polar surface area (TPSA) is 151 Å². The Bertz CT molecular complexity index is 1320. The number of H-pyrrole nitrogens is 1. The summed E-state index contributed by atoms with van der Waals surface area (Å²) >= 11 is 0. The number of aromatic amines is 1. The van der Waals surface area contributed by atoms with Crippen LogP contribution >= 0.6 is 0 Å². The fourth-order valence-electron chi connectivity index (χ4n) is 3.60. The third-order valence-electron chi connectivity index (χ3n) is 5.23. The Kier molecular flexibility index (Phi) is 5.67. The number of benzene rings is 2. The average Bonchev–Trinajstić information content (AvgIpc) is 3.23. The van der Waals surface area contributed by atoms with Gasteiger partial charge in [0.05, 0.1) is 0 Å². The van der Waals surface area contributed by atoms with Crippen LogP contribution in [0.3, 0.4) is 0 Å². The van der Waals surface area contributed by atoms with Crippen LogP contribution in [-0.4, -0.2) is 34.2 Å². The van der Waals surface area contributed by atoms with Crippen molar-refractivity contribution in [3.8, 4) is 11.1 Å². The van der Waals surface area contributed by atoms with E-state index in [1.807, 2.05) is 18.2 Å². The number of amidine groups is 1. The molecule has 0 radical (unpaired) electrons. The summed E-state index contributed by atoms with van der Waals surface area (Å²) in [4.78, 5) is 31.3. The van der Waals surface area contributed by atoms with Crippen molar-refractivity contribution in [3.05, 3.63) is 89.4 Å².